The van der Waals surface area contributed by atoms with E-state index >= 15 is 0 Å². The fourth-order valence-corrected chi connectivity index (χ4v) is 3.48. The fraction of sp³-hybridized carbons (Fsp3) is 0.611. The van der Waals surface area contributed by atoms with Crippen LogP contribution in [0, 0.1) is 6.92 Å². The van der Waals surface area contributed by atoms with Gasteiger partial charge in [0.05, 0.1) is 5.54 Å². The highest BCUT2D eigenvalue weighted by Crippen LogP contribution is 2.34. The summed E-state index contributed by atoms with van der Waals surface area (Å²) in [6, 6.07) is 8.99. The van der Waals surface area contributed by atoms with Crippen LogP contribution in [0.3, 0.4) is 0 Å². The first-order valence-corrected chi connectivity index (χ1v) is 8.26. The molecular formula is C18H26N2O. The normalized spacial score (nSPS) is 25.0. The summed E-state index contributed by atoms with van der Waals surface area (Å²) in [6.07, 6.45) is 5.32. The van der Waals surface area contributed by atoms with Crippen molar-refractivity contribution < 1.29 is 4.79 Å². The molecule has 1 saturated heterocycles. The van der Waals surface area contributed by atoms with Crippen LogP contribution < -0.4 is 5.32 Å². The first-order chi connectivity index (χ1) is 10.1. The number of nitrogens with one attached hydrogen (secondary N) is 1. The number of carbonyl (C=O) groups excluding carboxylic acids is 1. The number of carbonyl (C=O) groups is 1. The van der Waals surface area contributed by atoms with Gasteiger partial charge in [0.15, 0.2) is 0 Å². The first kappa shape index (κ1) is 14.6. The second kappa shape index (κ2) is 5.80. The average molecular weight is 286 g/mol. The predicted molar refractivity (Wildman–Crippen MR) is 85.0 cm³/mol. The average Bonchev–Trinajstić information content (AvgIpc) is 3.21. The summed E-state index contributed by atoms with van der Waals surface area (Å²) < 4.78 is 0. The van der Waals surface area contributed by atoms with Gasteiger partial charge in [-0.25, -0.2) is 0 Å². The molecule has 0 radical (unpaired) electrons. The second-order valence-electron chi connectivity index (χ2n) is 6.62. The van der Waals surface area contributed by atoms with Crippen LogP contribution in [-0.2, 0) is 11.3 Å². The highest BCUT2D eigenvalue weighted by molar-refractivity contribution is 5.87. The van der Waals surface area contributed by atoms with Gasteiger partial charge < -0.3 is 10.2 Å². The van der Waals surface area contributed by atoms with E-state index in [1.807, 2.05) is 0 Å². The van der Waals surface area contributed by atoms with Crippen molar-refractivity contribution in [3.05, 3.63) is 35.4 Å². The maximum absolute atomic E-state index is 13.1. The molecule has 2 fully saturated rings. The van der Waals surface area contributed by atoms with Gasteiger partial charge in [0.25, 0.3) is 0 Å². The van der Waals surface area contributed by atoms with Gasteiger partial charge in [-0.3, -0.25) is 4.79 Å². The van der Waals surface area contributed by atoms with Gasteiger partial charge in [-0.05, 0) is 51.1 Å². The third kappa shape index (κ3) is 2.98. The van der Waals surface area contributed by atoms with Gasteiger partial charge >= 0.3 is 0 Å². The van der Waals surface area contributed by atoms with Gasteiger partial charge in [0.2, 0.25) is 5.91 Å². The van der Waals surface area contributed by atoms with E-state index in [0.717, 1.165) is 45.2 Å². The van der Waals surface area contributed by atoms with Gasteiger partial charge in [-0.2, -0.15) is 0 Å². The number of aryl methyl sites for hydroxylation is 1. The lowest BCUT2D eigenvalue weighted by atomic mass is 9.92. The summed E-state index contributed by atoms with van der Waals surface area (Å²) in [6.45, 7) is 5.98. The molecule has 1 unspecified atom stereocenters. The number of nitrogens with zero attached hydrogens (tertiary/aromatic N) is 1. The van der Waals surface area contributed by atoms with Crippen LogP contribution in [0.1, 0.15) is 50.2 Å². The van der Waals surface area contributed by atoms with Gasteiger partial charge in [0.1, 0.15) is 0 Å². The molecule has 1 aromatic rings. The van der Waals surface area contributed by atoms with Crippen LogP contribution in [0.15, 0.2) is 24.3 Å². The van der Waals surface area contributed by atoms with Crippen molar-refractivity contribution in [2.75, 3.05) is 6.54 Å². The molecule has 1 heterocycles. The zero-order valence-corrected chi connectivity index (χ0v) is 13.2. The summed E-state index contributed by atoms with van der Waals surface area (Å²) in [5.41, 5.74) is 2.21. The van der Waals surface area contributed by atoms with Crippen LogP contribution >= 0.6 is 0 Å². The number of hydrogen-bond donors (Lipinski definition) is 1. The minimum absolute atomic E-state index is 0.299. The Bertz CT molecular complexity index is 516. The molecule has 114 valence electrons. The first-order valence-electron chi connectivity index (χ1n) is 8.26. The van der Waals surface area contributed by atoms with Crippen molar-refractivity contribution >= 4 is 5.91 Å². The molecular weight excluding hydrogens is 260 g/mol. The molecule has 1 aromatic carbocycles. The molecule has 21 heavy (non-hydrogen) atoms. The Hall–Kier alpha value is -1.35. The maximum Gasteiger partial charge on any atom is 0.243 e. The molecule has 1 N–H and O–H groups in total. The summed E-state index contributed by atoms with van der Waals surface area (Å²) in [5, 5.41) is 3.49. The molecule has 0 bridgehead atoms. The monoisotopic (exact) mass is 286 g/mol. The Morgan fingerprint density at radius 1 is 1.43 bits per heavy atom. The number of benzene rings is 1. The van der Waals surface area contributed by atoms with Crippen molar-refractivity contribution in [1.29, 1.82) is 0 Å². The molecule has 2 aliphatic rings. The molecule has 1 atom stereocenters. The Morgan fingerprint density at radius 3 is 2.81 bits per heavy atom. The minimum atomic E-state index is -0.299. The molecule has 3 nitrogen and oxygen atoms in total. The van der Waals surface area contributed by atoms with Crippen molar-refractivity contribution in [1.82, 2.24) is 10.2 Å². The van der Waals surface area contributed by atoms with Crippen LogP contribution in [0.2, 0.25) is 0 Å². The molecule has 1 aliphatic carbocycles. The van der Waals surface area contributed by atoms with Crippen LogP contribution in [-0.4, -0.2) is 28.9 Å². The third-order valence-electron chi connectivity index (χ3n) is 4.94. The van der Waals surface area contributed by atoms with Crippen molar-refractivity contribution in [3.63, 3.8) is 0 Å². The zero-order valence-electron chi connectivity index (χ0n) is 13.2. The topological polar surface area (TPSA) is 32.3 Å². The zero-order chi connectivity index (χ0) is 14.9. The van der Waals surface area contributed by atoms with Gasteiger partial charge in [-0.1, -0.05) is 36.8 Å². The van der Waals surface area contributed by atoms with E-state index in [4.69, 9.17) is 0 Å². The minimum Gasteiger partial charge on any atom is -0.334 e. The van der Waals surface area contributed by atoms with Crippen molar-refractivity contribution in [2.45, 2.75) is 64.1 Å². The standard InChI is InChI=1S/C18H26N2O/c1-3-18(10-5-11-19-18)17(21)20(16-8-9-16)13-15-7-4-6-14(2)12-15/h4,6-7,12,16,19H,3,5,8-11,13H2,1-2H3. The summed E-state index contributed by atoms with van der Waals surface area (Å²) >= 11 is 0. The SMILES string of the molecule is CCC1(C(=O)N(Cc2cccc(C)c2)C2CC2)CCCN1. The van der Waals surface area contributed by atoms with Crippen LogP contribution in [0.5, 0.6) is 0 Å². The maximum atomic E-state index is 13.1. The largest absolute Gasteiger partial charge is 0.334 e. The lowest BCUT2D eigenvalue weighted by Gasteiger charge is -2.34. The summed E-state index contributed by atoms with van der Waals surface area (Å²) in [4.78, 5) is 15.3. The van der Waals surface area contributed by atoms with Crippen molar-refractivity contribution in [3.8, 4) is 0 Å². The van der Waals surface area contributed by atoms with E-state index in [0.29, 0.717) is 11.9 Å². The van der Waals surface area contributed by atoms with Crippen molar-refractivity contribution in [2.24, 2.45) is 0 Å². The number of hydrogen-bond acceptors (Lipinski definition) is 2. The lowest BCUT2D eigenvalue weighted by Crippen LogP contribution is -2.55. The van der Waals surface area contributed by atoms with Gasteiger partial charge in [-0.15, -0.1) is 0 Å². The number of amides is 1. The number of rotatable bonds is 5. The molecule has 3 rings (SSSR count). The Kier molecular flexibility index (Phi) is 4.03. The highest BCUT2D eigenvalue weighted by atomic mass is 16.2. The van der Waals surface area contributed by atoms with E-state index in [9.17, 15) is 4.79 Å². The molecule has 0 spiro atoms. The van der Waals surface area contributed by atoms with Gasteiger partial charge in [0, 0.05) is 12.6 Å². The fourth-order valence-electron chi connectivity index (χ4n) is 3.48. The lowest BCUT2D eigenvalue weighted by molar-refractivity contribution is -0.139. The van der Waals surface area contributed by atoms with Crippen LogP contribution in [0.25, 0.3) is 0 Å². The third-order valence-corrected chi connectivity index (χ3v) is 4.94. The molecule has 1 saturated carbocycles. The Balaban J connectivity index is 1.79. The highest BCUT2D eigenvalue weighted by Gasteiger charge is 2.45. The Morgan fingerprint density at radius 2 is 2.24 bits per heavy atom. The molecule has 3 heteroatoms. The molecule has 1 aliphatic heterocycles. The predicted octanol–water partition coefficient (Wildman–Crippen LogP) is 3.02. The smallest absolute Gasteiger partial charge is 0.243 e. The van der Waals surface area contributed by atoms with Crippen LogP contribution in [0.4, 0.5) is 0 Å². The van der Waals surface area contributed by atoms with E-state index < -0.39 is 0 Å². The molecule has 1 amide bonds. The van der Waals surface area contributed by atoms with E-state index in [1.54, 1.807) is 0 Å². The summed E-state index contributed by atoms with van der Waals surface area (Å²) in [5.74, 6) is 0.325. The Labute approximate surface area is 127 Å². The van der Waals surface area contributed by atoms with E-state index in [2.05, 4.69) is 48.3 Å². The second-order valence-corrected chi connectivity index (χ2v) is 6.62. The van der Waals surface area contributed by atoms with E-state index in [-0.39, 0.29) is 5.54 Å². The quantitative estimate of drug-likeness (QED) is 0.902. The summed E-state index contributed by atoms with van der Waals surface area (Å²) in [7, 11) is 0. The molecule has 0 aromatic heterocycles. The van der Waals surface area contributed by atoms with E-state index in [1.165, 1.54) is 11.1 Å².